The summed E-state index contributed by atoms with van der Waals surface area (Å²) in [5.41, 5.74) is 1.66. The largest absolute Gasteiger partial charge is 0.486 e. The molecule has 0 aliphatic rings. The topological polar surface area (TPSA) is 52.3 Å². The molecule has 0 bridgehead atoms. The Labute approximate surface area is 132 Å². The summed E-state index contributed by atoms with van der Waals surface area (Å²) in [6, 6.07) is 13.3. The van der Waals surface area contributed by atoms with E-state index in [9.17, 15) is 9.18 Å². The first-order chi connectivity index (χ1) is 11.1. The Morgan fingerprint density at radius 2 is 2.00 bits per heavy atom. The second-order valence-electron chi connectivity index (χ2n) is 5.00. The molecule has 2 aromatic carbocycles. The average Bonchev–Trinajstić information content (AvgIpc) is 3.03. The van der Waals surface area contributed by atoms with Gasteiger partial charge in [-0.2, -0.15) is 0 Å². The Kier molecular flexibility index (Phi) is 4.19. The standard InChI is InChI=1S/C18H14FNO3/c1-12(21)16-9-14(19)7-8-17(16)22-10-15-11-23-18(20-15)13-5-3-2-4-6-13/h2-9,11H,10H2,1H3. The van der Waals surface area contributed by atoms with Gasteiger partial charge in [0.2, 0.25) is 5.89 Å². The zero-order valence-corrected chi connectivity index (χ0v) is 12.5. The van der Waals surface area contributed by atoms with Crippen molar-refractivity contribution in [3.8, 4) is 17.2 Å². The third-order valence-electron chi connectivity index (χ3n) is 3.27. The molecule has 0 atom stereocenters. The predicted octanol–water partition coefficient (Wildman–Crippen LogP) is 4.26. The molecule has 0 fully saturated rings. The molecule has 0 N–H and O–H groups in total. The van der Waals surface area contributed by atoms with Crippen LogP contribution in [0.1, 0.15) is 23.0 Å². The lowest BCUT2D eigenvalue weighted by Crippen LogP contribution is -2.02. The number of benzene rings is 2. The van der Waals surface area contributed by atoms with Gasteiger partial charge in [0.25, 0.3) is 0 Å². The van der Waals surface area contributed by atoms with E-state index in [0.29, 0.717) is 17.3 Å². The highest BCUT2D eigenvalue weighted by Crippen LogP contribution is 2.23. The third-order valence-corrected chi connectivity index (χ3v) is 3.27. The summed E-state index contributed by atoms with van der Waals surface area (Å²) in [5.74, 6) is 0.0817. The van der Waals surface area contributed by atoms with Crippen molar-refractivity contribution in [2.45, 2.75) is 13.5 Å². The number of hydrogen-bond donors (Lipinski definition) is 0. The summed E-state index contributed by atoms with van der Waals surface area (Å²) in [6.45, 7) is 1.49. The lowest BCUT2D eigenvalue weighted by molar-refractivity contribution is 0.101. The lowest BCUT2D eigenvalue weighted by atomic mass is 10.1. The molecule has 0 saturated heterocycles. The molecule has 5 heteroatoms. The molecule has 0 aliphatic heterocycles. The zero-order valence-electron chi connectivity index (χ0n) is 12.5. The lowest BCUT2D eigenvalue weighted by Gasteiger charge is -2.08. The van der Waals surface area contributed by atoms with Crippen LogP contribution < -0.4 is 4.74 Å². The minimum absolute atomic E-state index is 0.127. The van der Waals surface area contributed by atoms with Crippen LogP contribution in [0.5, 0.6) is 5.75 Å². The first-order valence-electron chi connectivity index (χ1n) is 7.06. The minimum atomic E-state index is -0.477. The number of halogens is 1. The molecule has 116 valence electrons. The molecule has 0 saturated carbocycles. The number of hydrogen-bond acceptors (Lipinski definition) is 4. The molecule has 23 heavy (non-hydrogen) atoms. The van der Waals surface area contributed by atoms with Crippen molar-refractivity contribution < 1.29 is 18.3 Å². The van der Waals surface area contributed by atoms with Crippen molar-refractivity contribution in [1.82, 2.24) is 4.98 Å². The molecule has 4 nitrogen and oxygen atoms in total. The van der Waals surface area contributed by atoms with Crippen molar-refractivity contribution in [3.63, 3.8) is 0 Å². The van der Waals surface area contributed by atoms with Crippen LogP contribution in [0.15, 0.2) is 59.2 Å². The normalized spacial score (nSPS) is 10.5. The molecule has 1 aromatic heterocycles. The number of nitrogens with zero attached hydrogens (tertiary/aromatic N) is 1. The average molecular weight is 311 g/mol. The first kappa shape index (κ1) is 15.0. The van der Waals surface area contributed by atoms with Crippen LogP contribution >= 0.6 is 0 Å². The number of aromatic nitrogens is 1. The molecule has 0 radical (unpaired) electrons. The van der Waals surface area contributed by atoms with Crippen LogP contribution in [-0.4, -0.2) is 10.8 Å². The van der Waals surface area contributed by atoms with Gasteiger partial charge in [-0.3, -0.25) is 4.79 Å². The molecular formula is C18H14FNO3. The van der Waals surface area contributed by atoms with Crippen LogP contribution in [0.3, 0.4) is 0 Å². The molecule has 0 amide bonds. The van der Waals surface area contributed by atoms with E-state index in [0.717, 1.165) is 11.6 Å². The van der Waals surface area contributed by atoms with Crippen molar-refractivity contribution in [2.75, 3.05) is 0 Å². The predicted molar refractivity (Wildman–Crippen MR) is 82.7 cm³/mol. The SMILES string of the molecule is CC(=O)c1cc(F)ccc1OCc1coc(-c2ccccc2)n1. The zero-order chi connectivity index (χ0) is 16.2. The maximum atomic E-state index is 13.2. The van der Waals surface area contributed by atoms with Gasteiger partial charge in [0, 0.05) is 5.56 Å². The Hall–Kier alpha value is -2.95. The van der Waals surface area contributed by atoms with Crippen molar-refractivity contribution >= 4 is 5.78 Å². The fourth-order valence-corrected chi connectivity index (χ4v) is 2.14. The number of ketones is 1. The Morgan fingerprint density at radius 1 is 1.22 bits per heavy atom. The van der Waals surface area contributed by atoms with E-state index in [1.165, 1.54) is 25.3 Å². The van der Waals surface area contributed by atoms with E-state index in [1.807, 2.05) is 30.3 Å². The van der Waals surface area contributed by atoms with Gasteiger partial charge in [-0.05, 0) is 37.3 Å². The summed E-state index contributed by atoms with van der Waals surface area (Å²) in [6.07, 6.45) is 1.50. The number of Topliss-reactive ketones (excluding diaryl/α,β-unsaturated/α-hetero) is 1. The van der Waals surface area contributed by atoms with Crippen LogP contribution in [0.25, 0.3) is 11.5 Å². The minimum Gasteiger partial charge on any atom is -0.486 e. The molecule has 1 heterocycles. The quantitative estimate of drug-likeness (QED) is 0.661. The summed E-state index contributed by atoms with van der Waals surface area (Å²) in [5, 5.41) is 0. The van der Waals surface area contributed by atoms with E-state index in [1.54, 1.807) is 0 Å². The number of rotatable bonds is 5. The van der Waals surface area contributed by atoms with Gasteiger partial charge in [0.05, 0.1) is 5.56 Å². The number of carbonyl (C=O) groups is 1. The number of ether oxygens (including phenoxy) is 1. The summed E-state index contributed by atoms with van der Waals surface area (Å²) < 4.78 is 24.2. The first-order valence-corrected chi connectivity index (χ1v) is 7.06. The maximum Gasteiger partial charge on any atom is 0.226 e. The molecule has 0 unspecified atom stereocenters. The van der Waals surface area contributed by atoms with Gasteiger partial charge >= 0.3 is 0 Å². The smallest absolute Gasteiger partial charge is 0.226 e. The monoisotopic (exact) mass is 311 g/mol. The van der Waals surface area contributed by atoms with Crippen LogP contribution in [0.2, 0.25) is 0 Å². The van der Waals surface area contributed by atoms with Crippen LogP contribution in [0, 0.1) is 5.82 Å². The van der Waals surface area contributed by atoms with Gasteiger partial charge in [-0.1, -0.05) is 18.2 Å². The Bertz CT molecular complexity index is 827. The molecule has 3 aromatic rings. The van der Waals surface area contributed by atoms with E-state index < -0.39 is 5.82 Å². The van der Waals surface area contributed by atoms with E-state index in [2.05, 4.69) is 4.98 Å². The number of carbonyl (C=O) groups excluding carboxylic acids is 1. The summed E-state index contributed by atoms with van der Waals surface area (Å²) in [4.78, 5) is 15.9. The summed E-state index contributed by atoms with van der Waals surface area (Å²) >= 11 is 0. The van der Waals surface area contributed by atoms with Crippen molar-refractivity contribution in [2.24, 2.45) is 0 Å². The highest BCUT2D eigenvalue weighted by molar-refractivity contribution is 5.96. The molecule has 0 spiro atoms. The van der Waals surface area contributed by atoms with Crippen molar-refractivity contribution in [1.29, 1.82) is 0 Å². The van der Waals surface area contributed by atoms with E-state index in [-0.39, 0.29) is 18.0 Å². The third kappa shape index (κ3) is 3.45. The van der Waals surface area contributed by atoms with Gasteiger partial charge in [-0.15, -0.1) is 0 Å². The van der Waals surface area contributed by atoms with Gasteiger partial charge < -0.3 is 9.15 Å². The van der Waals surface area contributed by atoms with Gasteiger partial charge in [0.1, 0.15) is 30.1 Å². The van der Waals surface area contributed by atoms with Crippen LogP contribution in [0.4, 0.5) is 4.39 Å². The maximum absolute atomic E-state index is 13.2. The second kappa shape index (κ2) is 6.44. The van der Waals surface area contributed by atoms with Gasteiger partial charge in [-0.25, -0.2) is 9.37 Å². The molecular weight excluding hydrogens is 297 g/mol. The van der Waals surface area contributed by atoms with E-state index >= 15 is 0 Å². The Morgan fingerprint density at radius 3 is 2.74 bits per heavy atom. The van der Waals surface area contributed by atoms with Crippen LogP contribution in [-0.2, 0) is 6.61 Å². The highest BCUT2D eigenvalue weighted by atomic mass is 19.1. The summed E-state index contributed by atoms with van der Waals surface area (Å²) in [7, 11) is 0. The molecule has 3 rings (SSSR count). The molecule has 0 aliphatic carbocycles. The second-order valence-corrected chi connectivity index (χ2v) is 5.00. The fraction of sp³-hybridized carbons (Fsp3) is 0.111. The van der Waals surface area contributed by atoms with Gasteiger partial charge in [0.15, 0.2) is 5.78 Å². The number of oxazole rings is 1. The Balaban J connectivity index is 1.75. The highest BCUT2D eigenvalue weighted by Gasteiger charge is 2.12. The fourth-order valence-electron chi connectivity index (χ4n) is 2.14. The van der Waals surface area contributed by atoms with E-state index in [4.69, 9.17) is 9.15 Å². The van der Waals surface area contributed by atoms with Crippen molar-refractivity contribution in [3.05, 3.63) is 71.9 Å².